The van der Waals surface area contributed by atoms with Gasteiger partial charge in [-0.3, -0.25) is 0 Å². The molecule has 0 saturated carbocycles. The number of nitrogens with zero attached hydrogens (tertiary/aromatic N) is 1. The molecule has 44 valence electrons. The Morgan fingerprint density at radius 2 is 2.11 bits per heavy atom. The average Bonchev–Trinajstić information content (AvgIpc) is 1.64. The molecule has 0 amide bonds. The second-order valence-electron chi connectivity index (χ2n) is 1.45. The predicted octanol–water partition coefficient (Wildman–Crippen LogP) is -2.36. The first kappa shape index (κ1) is 9.69. The first-order chi connectivity index (χ1) is 3.79. The Hall–Kier alpha value is 0.686. The van der Waals surface area contributed by atoms with Gasteiger partial charge in [-0.15, -0.1) is 0 Å². The molecule has 0 radical (unpaired) electrons. The fraction of sp³-hybridized carbons (Fsp3) is 0. The van der Waals surface area contributed by atoms with Crippen molar-refractivity contribution in [2.45, 2.75) is 0 Å². The van der Waals surface area contributed by atoms with Crippen molar-refractivity contribution >= 4 is 41.5 Å². The molecular weight excluding hydrogens is 214 g/mol. The van der Waals surface area contributed by atoms with Gasteiger partial charge < -0.3 is 12.4 Å². The third-order valence-corrected chi connectivity index (χ3v) is 1.61. The molecule has 0 unspecified atom stereocenters. The molecule has 0 fully saturated rings. The number of aromatic nitrogens is 1. The molecule has 1 nitrogen and oxygen atoms in total. The van der Waals surface area contributed by atoms with E-state index in [1.165, 1.54) is 0 Å². The maximum atomic E-state index is 4.10. The van der Waals surface area contributed by atoms with E-state index < -0.39 is 0 Å². The molecule has 4 heteroatoms. The first-order valence-corrected chi connectivity index (χ1v) is 3.73. The molecule has 0 saturated heterocycles. The van der Waals surface area contributed by atoms with Gasteiger partial charge in [-0.05, 0) is 0 Å². The molecule has 1 aromatic heterocycles. The van der Waals surface area contributed by atoms with E-state index >= 15 is 0 Å². The van der Waals surface area contributed by atoms with E-state index in [2.05, 4.69) is 20.9 Å². The zero-order chi connectivity index (χ0) is 5.98. The summed E-state index contributed by atoms with van der Waals surface area (Å²) < 4.78 is 1.98. The van der Waals surface area contributed by atoms with Gasteiger partial charge in [0, 0.05) is 0 Å². The predicted molar refractivity (Wildman–Crippen MR) is 37.3 cm³/mol. The molecule has 0 bridgehead atoms. The van der Waals surface area contributed by atoms with Crippen LogP contribution in [0.25, 0.3) is 0 Å². The van der Waals surface area contributed by atoms with Crippen LogP contribution in [0.5, 0.6) is 0 Å². The SMILES string of the molecule is [Cl-].[Mg+][c]1cccc(Br)n1. The van der Waals surface area contributed by atoms with Crippen molar-refractivity contribution in [2.75, 3.05) is 0 Å². The molecule has 0 aliphatic heterocycles. The van der Waals surface area contributed by atoms with Gasteiger partial charge in [0.25, 0.3) is 0 Å². The van der Waals surface area contributed by atoms with Crippen LogP contribution in [0, 0.1) is 0 Å². The van der Waals surface area contributed by atoms with E-state index in [1.54, 1.807) is 21.7 Å². The zero-order valence-electron chi connectivity index (χ0n) is 4.64. The van der Waals surface area contributed by atoms with Gasteiger partial charge >= 0.3 is 69.2 Å². The van der Waals surface area contributed by atoms with Gasteiger partial charge in [-0.1, -0.05) is 0 Å². The van der Waals surface area contributed by atoms with Gasteiger partial charge in [0.1, 0.15) is 0 Å². The van der Waals surface area contributed by atoms with Gasteiger partial charge in [-0.25, -0.2) is 0 Å². The van der Waals surface area contributed by atoms with Crippen LogP contribution in [-0.4, -0.2) is 26.7 Å². The molecule has 0 N–H and O–H groups in total. The van der Waals surface area contributed by atoms with E-state index in [-0.39, 0.29) is 12.4 Å². The van der Waals surface area contributed by atoms with Crippen molar-refractivity contribution in [1.29, 1.82) is 0 Å². The summed E-state index contributed by atoms with van der Waals surface area (Å²) in [6, 6.07) is 5.86. The molecule has 0 aliphatic rings. The summed E-state index contributed by atoms with van der Waals surface area (Å²) in [7, 11) is 0. The Morgan fingerprint density at radius 3 is 2.44 bits per heavy atom. The van der Waals surface area contributed by atoms with Crippen LogP contribution in [0.4, 0.5) is 0 Å². The third kappa shape index (κ3) is 3.40. The van der Waals surface area contributed by atoms with E-state index in [0.717, 1.165) is 8.43 Å². The molecular formula is C5H3BrClMgN. The van der Waals surface area contributed by atoms with Gasteiger partial charge in [0.2, 0.25) is 0 Å². The van der Waals surface area contributed by atoms with E-state index in [1.807, 2.05) is 18.2 Å². The van der Waals surface area contributed by atoms with Crippen molar-refractivity contribution in [1.82, 2.24) is 4.98 Å². The third-order valence-electron chi connectivity index (χ3n) is 0.773. The standard InChI is InChI=1S/C5H3BrN.ClH.Mg/c6-5-3-1-2-4-7-5;;/h1-3H;1H;/q;;+1/p-1. The molecule has 0 aromatic carbocycles. The molecule has 9 heavy (non-hydrogen) atoms. The Kier molecular flexibility index (Phi) is 4.84. The Balaban J connectivity index is 0.000000640. The normalized spacial score (nSPS) is 8.33. The second kappa shape index (κ2) is 4.49. The van der Waals surface area contributed by atoms with Crippen LogP contribution in [0.15, 0.2) is 22.8 Å². The monoisotopic (exact) mass is 215 g/mol. The van der Waals surface area contributed by atoms with Crippen molar-refractivity contribution in [3.63, 3.8) is 0 Å². The Morgan fingerprint density at radius 1 is 1.44 bits per heavy atom. The summed E-state index contributed by atoms with van der Waals surface area (Å²) in [5.74, 6) is 0. The fourth-order valence-electron chi connectivity index (χ4n) is 0.450. The van der Waals surface area contributed by atoms with E-state index in [9.17, 15) is 0 Å². The summed E-state index contributed by atoms with van der Waals surface area (Å²) in [6.07, 6.45) is 0. The molecule has 1 aromatic rings. The fourth-order valence-corrected chi connectivity index (χ4v) is 1.37. The van der Waals surface area contributed by atoms with Crippen LogP contribution in [0.3, 0.4) is 0 Å². The summed E-state index contributed by atoms with van der Waals surface area (Å²) >= 11 is 5.03. The second-order valence-corrected chi connectivity index (χ2v) is 2.99. The average molecular weight is 217 g/mol. The summed E-state index contributed by atoms with van der Waals surface area (Å²) in [5.41, 5.74) is 0. The van der Waals surface area contributed by atoms with Crippen LogP contribution < -0.4 is 16.2 Å². The Bertz CT molecular complexity index is 177. The number of rotatable bonds is 0. The van der Waals surface area contributed by atoms with Crippen molar-refractivity contribution < 1.29 is 12.4 Å². The molecule has 1 heterocycles. The van der Waals surface area contributed by atoms with Gasteiger partial charge in [0.05, 0.1) is 0 Å². The maximum absolute atomic E-state index is 4.10. The van der Waals surface area contributed by atoms with Gasteiger partial charge in [-0.2, -0.15) is 0 Å². The molecule has 0 spiro atoms. The zero-order valence-corrected chi connectivity index (χ0v) is 8.40. The first-order valence-electron chi connectivity index (χ1n) is 2.23. The number of hydrogen-bond acceptors (Lipinski definition) is 1. The summed E-state index contributed by atoms with van der Waals surface area (Å²) in [6.45, 7) is 0. The van der Waals surface area contributed by atoms with Crippen molar-refractivity contribution in [3.8, 4) is 0 Å². The number of halogens is 2. The minimum absolute atomic E-state index is 0. The van der Waals surface area contributed by atoms with Crippen LogP contribution >= 0.6 is 15.9 Å². The Labute approximate surface area is 81.2 Å². The van der Waals surface area contributed by atoms with E-state index in [0.29, 0.717) is 0 Å². The van der Waals surface area contributed by atoms with E-state index in [4.69, 9.17) is 0 Å². The quantitative estimate of drug-likeness (QED) is 0.350. The van der Waals surface area contributed by atoms with Crippen molar-refractivity contribution in [2.24, 2.45) is 0 Å². The summed E-state index contributed by atoms with van der Waals surface area (Å²) in [5, 5.41) is 0. The molecule has 0 aliphatic carbocycles. The van der Waals surface area contributed by atoms with Crippen LogP contribution in [0.1, 0.15) is 0 Å². The molecule has 1 rings (SSSR count). The topological polar surface area (TPSA) is 12.9 Å². The molecule has 0 atom stereocenters. The number of hydrogen-bond donors (Lipinski definition) is 0. The summed E-state index contributed by atoms with van der Waals surface area (Å²) in [4.78, 5) is 4.10. The minimum atomic E-state index is 0. The van der Waals surface area contributed by atoms with Crippen LogP contribution in [0.2, 0.25) is 0 Å². The van der Waals surface area contributed by atoms with Crippen LogP contribution in [-0.2, 0) is 0 Å². The van der Waals surface area contributed by atoms with Gasteiger partial charge in [0.15, 0.2) is 0 Å². The number of pyridine rings is 1. The van der Waals surface area contributed by atoms with Crippen molar-refractivity contribution in [3.05, 3.63) is 22.8 Å².